The summed E-state index contributed by atoms with van der Waals surface area (Å²) in [4.78, 5) is 11.2. The molecule has 1 aromatic rings. The summed E-state index contributed by atoms with van der Waals surface area (Å²) in [6.45, 7) is 6.90. The minimum atomic E-state index is -0.0201. The Balaban J connectivity index is 2.29. The minimum Gasteiger partial charge on any atom is -0.383 e. The third-order valence-electron chi connectivity index (χ3n) is 5.51. The molecule has 2 rings (SSSR count). The first kappa shape index (κ1) is 26.0. The van der Waals surface area contributed by atoms with Gasteiger partial charge in [0.25, 0.3) is 0 Å². The van der Waals surface area contributed by atoms with Gasteiger partial charge in [-0.2, -0.15) is 10.5 Å². The highest BCUT2D eigenvalue weighted by atomic mass is 16.5. The van der Waals surface area contributed by atoms with Crippen molar-refractivity contribution in [2.45, 2.75) is 33.1 Å². The van der Waals surface area contributed by atoms with Crippen molar-refractivity contribution in [1.82, 2.24) is 0 Å². The molecule has 0 fully saturated rings. The number of hydrogen-bond donors (Lipinski definition) is 0. The van der Waals surface area contributed by atoms with E-state index in [1.54, 1.807) is 14.2 Å². The lowest BCUT2D eigenvalue weighted by molar-refractivity contribution is 0.190. The fourth-order valence-corrected chi connectivity index (χ4v) is 3.61. The smallest absolute Gasteiger partial charge is 0.177 e. The number of nitrogens with zero attached hydrogens (tertiary/aromatic N) is 5. The fourth-order valence-electron chi connectivity index (χ4n) is 3.61. The number of aliphatic imine (C=N–C) groups is 2. The second kappa shape index (κ2) is 14.0. The topological polar surface area (TPSA) is 94.0 Å². The van der Waals surface area contributed by atoms with Gasteiger partial charge in [-0.05, 0) is 37.1 Å². The molecule has 0 saturated carbocycles. The monoisotopic (exact) mass is 447 g/mol. The molecule has 174 valence electrons. The maximum atomic E-state index is 9.49. The number of unbranched alkanes of at least 4 members (excludes halogenated alkanes) is 1. The quantitative estimate of drug-likeness (QED) is 0.460. The molecule has 0 bridgehead atoms. The summed E-state index contributed by atoms with van der Waals surface area (Å²) in [7, 11) is 3.40. The predicted molar refractivity (Wildman–Crippen MR) is 133 cm³/mol. The Morgan fingerprint density at radius 2 is 1.58 bits per heavy atom. The summed E-state index contributed by atoms with van der Waals surface area (Å²) >= 11 is 0. The number of allylic oxidation sites excluding steroid dienone is 3. The molecule has 0 aliphatic carbocycles. The average molecular weight is 448 g/mol. The molecular weight excluding hydrogens is 414 g/mol. The number of hydrogen-bond acceptors (Lipinski definition) is 7. The number of nitriles is 2. The molecule has 1 atom stereocenters. The largest absolute Gasteiger partial charge is 0.383 e. The third kappa shape index (κ3) is 7.68. The summed E-state index contributed by atoms with van der Waals surface area (Å²) in [5.74, 6) is -0.0201. The Labute approximate surface area is 197 Å². The van der Waals surface area contributed by atoms with E-state index in [2.05, 4.69) is 46.1 Å². The highest BCUT2D eigenvalue weighted by Crippen LogP contribution is 2.23. The molecule has 1 aliphatic heterocycles. The zero-order valence-corrected chi connectivity index (χ0v) is 20.0. The maximum Gasteiger partial charge on any atom is 0.177 e. The van der Waals surface area contributed by atoms with Gasteiger partial charge in [0.05, 0.1) is 18.9 Å². The molecule has 7 nitrogen and oxygen atoms in total. The van der Waals surface area contributed by atoms with E-state index in [4.69, 9.17) is 9.47 Å². The Hall–Kier alpha value is -3.26. The lowest BCUT2D eigenvalue weighted by Crippen LogP contribution is -2.30. The summed E-state index contributed by atoms with van der Waals surface area (Å²) in [6.07, 6.45) is 6.88. The van der Waals surface area contributed by atoms with Gasteiger partial charge in [0.15, 0.2) is 11.4 Å². The lowest BCUT2D eigenvalue weighted by Gasteiger charge is -2.24. The minimum absolute atomic E-state index is 0.0201. The molecule has 0 aromatic heterocycles. The highest BCUT2D eigenvalue weighted by Gasteiger charge is 2.22. The number of ether oxygens (including phenoxy) is 2. The summed E-state index contributed by atoms with van der Waals surface area (Å²) in [5.41, 5.74) is 3.85. The molecule has 0 amide bonds. The molecule has 1 aliphatic rings. The van der Waals surface area contributed by atoms with Crippen LogP contribution in [0.3, 0.4) is 0 Å². The molecule has 33 heavy (non-hydrogen) atoms. The number of benzene rings is 1. The maximum absolute atomic E-state index is 9.49. The van der Waals surface area contributed by atoms with Crippen LogP contribution in [0.4, 0.5) is 5.69 Å². The van der Waals surface area contributed by atoms with E-state index in [0.29, 0.717) is 13.2 Å². The first-order valence-electron chi connectivity index (χ1n) is 11.3. The van der Waals surface area contributed by atoms with E-state index >= 15 is 0 Å². The number of anilines is 1. The van der Waals surface area contributed by atoms with Gasteiger partial charge in [0, 0.05) is 44.6 Å². The zero-order valence-electron chi connectivity index (χ0n) is 20.0. The number of rotatable bonds is 12. The van der Waals surface area contributed by atoms with Crippen molar-refractivity contribution < 1.29 is 9.47 Å². The molecule has 1 aromatic carbocycles. The van der Waals surface area contributed by atoms with Crippen molar-refractivity contribution >= 4 is 23.2 Å². The van der Waals surface area contributed by atoms with Crippen LogP contribution in [0.1, 0.15) is 38.7 Å². The van der Waals surface area contributed by atoms with Crippen LogP contribution >= 0.6 is 0 Å². The third-order valence-corrected chi connectivity index (χ3v) is 5.51. The Morgan fingerprint density at radius 1 is 0.970 bits per heavy atom. The Bertz CT molecular complexity index is 969. The normalized spacial score (nSPS) is 16.1. The fraction of sp³-hybridized carbons (Fsp3) is 0.462. The van der Waals surface area contributed by atoms with Crippen molar-refractivity contribution in [2.75, 3.05) is 45.4 Å². The first-order chi connectivity index (χ1) is 16.1. The summed E-state index contributed by atoms with van der Waals surface area (Å²) in [5, 5.41) is 18.9. The standard InChI is InChI=1S/C26H33N5O2/c1-5-6-7-23-20(2)29-25(18-27)26(19-28)30-24(23)13-10-21-8-11-22(12-9-21)31(14-16-32-3)15-17-33-4/h8-13,23H,5-7,14-17H2,1-4H3/b13-10+. The van der Waals surface area contributed by atoms with Gasteiger partial charge >= 0.3 is 0 Å². The van der Waals surface area contributed by atoms with Crippen molar-refractivity contribution in [1.29, 1.82) is 10.5 Å². The van der Waals surface area contributed by atoms with Crippen LogP contribution < -0.4 is 4.90 Å². The SMILES string of the molecule is CCCCC1C(C)=NC(C#N)=C(C#N)N=C1/C=C/c1ccc(N(CCOC)CCOC)cc1. The predicted octanol–water partition coefficient (Wildman–Crippen LogP) is 4.78. The molecule has 1 heterocycles. The molecular formula is C26H33N5O2. The molecule has 0 saturated heterocycles. The van der Waals surface area contributed by atoms with Crippen molar-refractivity contribution in [3.8, 4) is 12.1 Å². The van der Waals surface area contributed by atoms with Crippen LogP contribution in [0.2, 0.25) is 0 Å². The summed E-state index contributed by atoms with van der Waals surface area (Å²) in [6, 6.07) is 12.3. The van der Waals surface area contributed by atoms with Gasteiger partial charge in [-0.3, -0.25) is 0 Å². The van der Waals surface area contributed by atoms with E-state index in [9.17, 15) is 10.5 Å². The van der Waals surface area contributed by atoms with E-state index in [1.165, 1.54) is 0 Å². The van der Waals surface area contributed by atoms with Gasteiger partial charge < -0.3 is 14.4 Å². The number of methoxy groups -OCH3 is 2. The second-order valence-electron chi connectivity index (χ2n) is 7.80. The van der Waals surface area contributed by atoms with E-state index in [-0.39, 0.29) is 17.3 Å². The van der Waals surface area contributed by atoms with Gasteiger partial charge in [-0.1, -0.05) is 38.0 Å². The Morgan fingerprint density at radius 3 is 2.12 bits per heavy atom. The van der Waals surface area contributed by atoms with Crippen LogP contribution in [0, 0.1) is 28.6 Å². The van der Waals surface area contributed by atoms with Crippen LogP contribution in [0.25, 0.3) is 6.08 Å². The van der Waals surface area contributed by atoms with E-state index in [0.717, 1.165) is 55.0 Å². The zero-order chi connectivity index (χ0) is 24.1. The average Bonchev–Trinajstić information content (AvgIpc) is 2.97. The lowest BCUT2D eigenvalue weighted by atomic mass is 9.91. The van der Waals surface area contributed by atoms with E-state index < -0.39 is 0 Å². The molecule has 1 unspecified atom stereocenters. The highest BCUT2D eigenvalue weighted by molar-refractivity contribution is 6.14. The van der Waals surface area contributed by atoms with Crippen molar-refractivity contribution in [2.24, 2.45) is 15.9 Å². The van der Waals surface area contributed by atoms with Gasteiger partial charge in [0.2, 0.25) is 0 Å². The van der Waals surface area contributed by atoms with Crippen molar-refractivity contribution in [3.05, 3.63) is 47.3 Å². The van der Waals surface area contributed by atoms with Crippen LogP contribution in [-0.4, -0.2) is 51.9 Å². The van der Waals surface area contributed by atoms with Crippen LogP contribution in [-0.2, 0) is 9.47 Å². The molecule has 0 spiro atoms. The first-order valence-corrected chi connectivity index (χ1v) is 11.3. The second-order valence-corrected chi connectivity index (χ2v) is 7.80. The Kier molecular flexibility index (Phi) is 11.0. The molecule has 0 N–H and O–H groups in total. The molecule has 0 radical (unpaired) electrons. The van der Waals surface area contributed by atoms with Gasteiger partial charge in [-0.25, -0.2) is 9.98 Å². The molecule has 7 heteroatoms. The summed E-state index contributed by atoms with van der Waals surface area (Å²) < 4.78 is 10.5. The van der Waals surface area contributed by atoms with Gasteiger partial charge in [0.1, 0.15) is 12.1 Å². The van der Waals surface area contributed by atoms with Crippen LogP contribution in [0.5, 0.6) is 0 Å². The van der Waals surface area contributed by atoms with Crippen LogP contribution in [0.15, 0.2) is 51.7 Å². The van der Waals surface area contributed by atoms with Gasteiger partial charge in [-0.15, -0.1) is 0 Å². The van der Waals surface area contributed by atoms with Crippen molar-refractivity contribution in [3.63, 3.8) is 0 Å². The van der Waals surface area contributed by atoms with E-state index in [1.807, 2.05) is 31.2 Å².